The number of nitrogens with one attached hydrogen (secondary N) is 2. The first kappa shape index (κ1) is 16.6. The van der Waals surface area contributed by atoms with Gasteiger partial charge < -0.3 is 5.32 Å². The van der Waals surface area contributed by atoms with Gasteiger partial charge in [0.1, 0.15) is 0 Å². The third-order valence-electron chi connectivity index (χ3n) is 3.53. The van der Waals surface area contributed by atoms with E-state index in [0.29, 0.717) is 0 Å². The zero-order chi connectivity index (χ0) is 16.2. The SMILES string of the molecule is CNS(=O)(=O)c1ccc(C(C)NCc2ccnc(C)c2)cc1. The van der Waals surface area contributed by atoms with Crippen LogP contribution < -0.4 is 10.0 Å². The van der Waals surface area contributed by atoms with Gasteiger partial charge in [0.25, 0.3) is 0 Å². The summed E-state index contributed by atoms with van der Waals surface area (Å²) in [5.41, 5.74) is 3.21. The highest BCUT2D eigenvalue weighted by molar-refractivity contribution is 7.89. The molecule has 0 aliphatic carbocycles. The Balaban J connectivity index is 2.02. The van der Waals surface area contributed by atoms with Crippen molar-refractivity contribution in [3.8, 4) is 0 Å². The molecule has 5 nitrogen and oxygen atoms in total. The Hall–Kier alpha value is -1.76. The maximum Gasteiger partial charge on any atom is 0.240 e. The molecule has 1 atom stereocenters. The number of hydrogen-bond donors (Lipinski definition) is 2. The lowest BCUT2D eigenvalue weighted by molar-refractivity contribution is 0.573. The Bertz CT molecular complexity index is 727. The summed E-state index contributed by atoms with van der Waals surface area (Å²) in [5.74, 6) is 0. The van der Waals surface area contributed by atoms with Gasteiger partial charge >= 0.3 is 0 Å². The Morgan fingerprint density at radius 3 is 2.45 bits per heavy atom. The quantitative estimate of drug-likeness (QED) is 0.856. The molecular formula is C16H21N3O2S. The molecular weight excluding hydrogens is 298 g/mol. The van der Waals surface area contributed by atoms with E-state index in [1.165, 1.54) is 12.6 Å². The van der Waals surface area contributed by atoms with Gasteiger partial charge in [-0.25, -0.2) is 13.1 Å². The number of sulfonamides is 1. The Morgan fingerprint density at radius 2 is 1.86 bits per heavy atom. The summed E-state index contributed by atoms with van der Waals surface area (Å²) in [4.78, 5) is 4.45. The third kappa shape index (κ3) is 4.13. The summed E-state index contributed by atoms with van der Waals surface area (Å²) in [5, 5.41) is 3.42. The molecule has 2 rings (SSSR count). The fraction of sp³-hybridized carbons (Fsp3) is 0.312. The molecule has 1 unspecified atom stereocenters. The van der Waals surface area contributed by atoms with E-state index in [9.17, 15) is 8.42 Å². The molecule has 0 fully saturated rings. The second-order valence-electron chi connectivity index (χ2n) is 5.18. The lowest BCUT2D eigenvalue weighted by atomic mass is 10.1. The maximum absolute atomic E-state index is 11.7. The number of benzene rings is 1. The third-order valence-corrected chi connectivity index (χ3v) is 4.96. The fourth-order valence-electron chi connectivity index (χ4n) is 2.16. The van der Waals surface area contributed by atoms with Crippen LogP contribution in [0, 0.1) is 6.92 Å². The van der Waals surface area contributed by atoms with E-state index in [0.717, 1.165) is 17.8 Å². The number of nitrogens with zero attached hydrogens (tertiary/aromatic N) is 1. The summed E-state index contributed by atoms with van der Waals surface area (Å²) in [7, 11) is -1.97. The summed E-state index contributed by atoms with van der Waals surface area (Å²) < 4.78 is 25.7. The predicted molar refractivity (Wildman–Crippen MR) is 86.9 cm³/mol. The number of aryl methyl sites for hydroxylation is 1. The molecule has 0 aliphatic heterocycles. The highest BCUT2D eigenvalue weighted by Gasteiger charge is 2.12. The monoisotopic (exact) mass is 319 g/mol. The minimum absolute atomic E-state index is 0.125. The van der Waals surface area contributed by atoms with Crippen molar-refractivity contribution in [2.75, 3.05) is 7.05 Å². The standard InChI is InChI=1S/C16H21N3O2S/c1-12-10-14(8-9-18-12)11-19-13(2)15-4-6-16(7-5-15)22(20,21)17-3/h4-10,13,17,19H,11H2,1-3H3. The van der Waals surface area contributed by atoms with Crippen LogP contribution in [0.1, 0.15) is 29.8 Å². The molecule has 1 aromatic heterocycles. The van der Waals surface area contributed by atoms with Crippen LogP contribution in [0.4, 0.5) is 0 Å². The summed E-state index contributed by atoms with van der Waals surface area (Å²) in [6, 6.07) is 11.1. The van der Waals surface area contributed by atoms with E-state index in [1.54, 1.807) is 18.3 Å². The topological polar surface area (TPSA) is 71.1 Å². The molecule has 0 saturated carbocycles. The largest absolute Gasteiger partial charge is 0.306 e. The van der Waals surface area contributed by atoms with Crippen molar-refractivity contribution < 1.29 is 8.42 Å². The molecule has 1 heterocycles. The van der Waals surface area contributed by atoms with Crippen LogP contribution in [-0.2, 0) is 16.6 Å². The van der Waals surface area contributed by atoms with Gasteiger partial charge in [-0.3, -0.25) is 4.98 Å². The minimum Gasteiger partial charge on any atom is -0.306 e. The smallest absolute Gasteiger partial charge is 0.240 e. The number of rotatable bonds is 6. The van der Waals surface area contributed by atoms with E-state index < -0.39 is 10.0 Å². The van der Waals surface area contributed by atoms with Crippen molar-refractivity contribution >= 4 is 10.0 Å². The van der Waals surface area contributed by atoms with Gasteiger partial charge in [0.05, 0.1) is 4.90 Å². The molecule has 0 spiro atoms. The molecule has 6 heteroatoms. The number of hydrogen-bond acceptors (Lipinski definition) is 4. The highest BCUT2D eigenvalue weighted by Crippen LogP contribution is 2.16. The second-order valence-corrected chi connectivity index (χ2v) is 7.07. The molecule has 1 aromatic carbocycles. The van der Waals surface area contributed by atoms with E-state index in [-0.39, 0.29) is 10.9 Å². The van der Waals surface area contributed by atoms with Crippen molar-refractivity contribution in [3.63, 3.8) is 0 Å². The average molecular weight is 319 g/mol. The molecule has 22 heavy (non-hydrogen) atoms. The zero-order valence-electron chi connectivity index (χ0n) is 13.0. The van der Waals surface area contributed by atoms with Gasteiger partial charge in [-0.2, -0.15) is 0 Å². The molecule has 0 radical (unpaired) electrons. The van der Waals surface area contributed by atoms with Crippen molar-refractivity contribution in [2.45, 2.75) is 31.3 Å². The Kier molecular flexibility index (Phi) is 5.28. The lowest BCUT2D eigenvalue weighted by Crippen LogP contribution is -2.20. The average Bonchev–Trinajstić information content (AvgIpc) is 2.53. The molecule has 0 aliphatic rings. The first-order valence-electron chi connectivity index (χ1n) is 7.11. The lowest BCUT2D eigenvalue weighted by Gasteiger charge is -2.15. The molecule has 118 valence electrons. The van der Waals surface area contributed by atoms with E-state index >= 15 is 0 Å². The van der Waals surface area contributed by atoms with Gasteiger partial charge in [-0.1, -0.05) is 12.1 Å². The minimum atomic E-state index is -3.38. The van der Waals surface area contributed by atoms with Crippen LogP contribution in [0.25, 0.3) is 0 Å². The van der Waals surface area contributed by atoms with Crippen LogP contribution in [0.3, 0.4) is 0 Å². The first-order valence-corrected chi connectivity index (χ1v) is 8.59. The maximum atomic E-state index is 11.7. The van der Waals surface area contributed by atoms with Crippen molar-refractivity contribution in [1.82, 2.24) is 15.0 Å². The normalized spacial score (nSPS) is 13.0. The summed E-state index contributed by atoms with van der Waals surface area (Å²) in [6.45, 7) is 4.75. The van der Waals surface area contributed by atoms with Crippen LogP contribution in [0.2, 0.25) is 0 Å². The summed E-state index contributed by atoms with van der Waals surface area (Å²) >= 11 is 0. The highest BCUT2D eigenvalue weighted by atomic mass is 32.2. The van der Waals surface area contributed by atoms with E-state index in [2.05, 4.69) is 21.9 Å². The van der Waals surface area contributed by atoms with Gasteiger partial charge in [0.15, 0.2) is 0 Å². The second kappa shape index (κ2) is 7.00. The zero-order valence-corrected chi connectivity index (χ0v) is 13.8. The van der Waals surface area contributed by atoms with Gasteiger partial charge in [0.2, 0.25) is 10.0 Å². The molecule has 2 N–H and O–H groups in total. The van der Waals surface area contributed by atoms with Gasteiger partial charge in [-0.15, -0.1) is 0 Å². The van der Waals surface area contributed by atoms with Crippen molar-refractivity contribution in [1.29, 1.82) is 0 Å². The van der Waals surface area contributed by atoms with Crippen LogP contribution >= 0.6 is 0 Å². The van der Waals surface area contributed by atoms with Crippen LogP contribution in [-0.4, -0.2) is 20.4 Å². The fourth-order valence-corrected chi connectivity index (χ4v) is 2.89. The summed E-state index contributed by atoms with van der Waals surface area (Å²) in [6.07, 6.45) is 1.80. The predicted octanol–water partition coefficient (Wildman–Crippen LogP) is 2.15. The van der Waals surface area contributed by atoms with E-state index in [1.807, 2.05) is 31.2 Å². The van der Waals surface area contributed by atoms with Crippen LogP contribution in [0.15, 0.2) is 47.5 Å². The number of aromatic nitrogens is 1. The van der Waals surface area contributed by atoms with Gasteiger partial charge in [-0.05, 0) is 56.3 Å². The van der Waals surface area contributed by atoms with E-state index in [4.69, 9.17) is 0 Å². The first-order chi connectivity index (χ1) is 10.4. The molecule has 2 aromatic rings. The Morgan fingerprint density at radius 1 is 1.18 bits per heavy atom. The van der Waals surface area contributed by atoms with Crippen molar-refractivity contribution in [3.05, 3.63) is 59.4 Å². The molecule has 0 amide bonds. The molecule has 0 bridgehead atoms. The Labute approximate surface area is 131 Å². The molecule has 0 saturated heterocycles. The van der Waals surface area contributed by atoms with Gasteiger partial charge in [0, 0.05) is 24.5 Å². The van der Waals surface area contributed by atoms with Crippen LogP contribution in [0.5, 0.6) is 0 Å². The van der Waals surface area contributed by atoms with Crippen molar-refractivity contribution in [2.24, 2.45) is 0 Å². The number of pyridine rings is 1.